The summed E-state index contributed by atoms with van der Waals surface area (Å²) in [6.45, 7) is 0. The van der Waals surface area contributed by atoms with Gasteiger partial charge in [0, 0.05) is 6.07 Å². The second-order valence-corrected chi connectivity index (χ2v) is 4.20. The first-order valence-corrected chi connectivity index (χ1v) is 5.04. The topological polar surface area (TPSA) is 60.2 Å². The molecule has 2 N–H and O–H groups in total. The Labute approximate surface area is 74.2 Å². The summed E-state index contributed by atoms with van der Waals surface area (Å²) in [5.74, 6) is -2.21. The van der Waals surface area contributed by atoms with E-state index in [0.717, 1.165) is 12.1 Å². The van der Waals surface area contributed by atoms with Gasteiger partial charge in [-0.1, -0.05) is 0 Å². The fourth-order valence-electron chi connectivity index (χ4n) is 0.927. The Kier molecular flexibility index (Phi) is 2.63. The quantitative estimate of drug-likeness (QED) is 0.778. The van der Waals surface area contributed by atoms with Crippen LogP contribution in [0.2, 0.25) is 0 Å². The molecule has 6 heteroatoms. The number of hydrogen-bond acceptors (Lipinski definition) is 2. The minimum Gasteiger partial charge on any atom is -0.228 e. The lowest BCUT2D eigenvalue weighted by Crippen LogP contribution is -2.14. The molecule has 0 radical (unpaired) electrons. The average molecular weight is 207 g/mol. The minimum absolute atomic E-state index is 0.000000000000000666. The number of nitrogens with two attached hydrogens (primary N) is 1. The largest absolute Gasteiger partial charge is 0.228 e. The lowest BCUT2D eigenvalue weighted by molar-refractivity contribution is 0.579. The third-order valence-electron chi connectivity index (χ3n) is 1.29. The zero-order valence-electron chi connectivity index (χ0n) is 6.50. The summed E-state index contributed by atoms with van der Waals surface area (Å²) in [5, 5.41) is 4.69. The number of benzene rings is 1. The van der Waals surface area contributed by atoms with Crippen LogP contribution in [0.15, 0.2) is 18.2 Å². The summed E-state index contributed by atoms with van der Waals surface area (Å²) in [4.78, 5) is 0. The highest BCUT2D eigenvalue weighted by Gasteiger charge is 2.07. The van der Waals surface area contributed by atoms with Gasteiger partial charge in [-0.2, -0.15) is 0 Å². The van der Waals surface area contributed by atoms with Crippen LogP contribution in [-0.4, -0.2) is 8.42 Å². The van der Waals surface area contributed by atoms with Gasteiger partial charge in [0.25, 0.3) is 0 Å². The molecule has 0 saturated heterocycles. The Morgan fingerprint density at radius 2 is 1.62 bits per heavy atom. The molecule has 0 heterocycles. The molecule has 1 aromatic rings. The van der Waals surface area contributed by atoms with Crippen molar-refractivity contribution in [2.75, 3.05) is 0 Å². The van der Waals surface area contributed by atoms with E-state index in [4.69, 9.17) is 5.14 Å². The maximum absolute atomic E-state index is 12.5. The Balaban J connectivity index is 3.03. The predicted octanol–water partition coefficient (Wildman–Crippen LogP) is 0.753. The highest BCUT2D eigenvalue weighted by atomic mass is 32.2. The molecule has 72 valence electrons. The third kappa shape index (κ3) is 3.47. The summed E-state index contributed by atoms with van der Waals surface area (Å²) in [5.41, 5.74) is 0.000000000000000666. The lowest BCUT2D eigenvalue weighted by atomic mass is 10.2. The summed E-state index contributed by atoms with van der Waals surface area (Å²) in [7, 11) is -3.74. The van der Waals surface area contributed by atoms with Gasteiger partial charge in [0.15, 0.2) is 0 Å². The first-order valence-electron chi connectivity index (χ1n) is 3.32. The Morgan fingerprint density at radius 1 is 1.15 bits per heavy atom. The van der Waals surface area contributed by atoms with Gasteiger partial charge >= 0.3 is 0 Å². The van der Waals surface area contributed by atoms with E-state index in [0.29, 0.717) is 6.07 Å². The van der Waals surface area contributed by atoms with Crippen LogP contribution < -0.4 is 5.14 Å². The molecule has 0 aliphatic rings. The van der Waals surface area contributed by atoms with E-state index in [1.165, 1.54) is 0 Å². The van der Waals surface area contributed by atoms with Gasteiger partial charge in [-0.25, -0.2) is 22.3 Å². The molecule has 0 fully saturated rings. The van der Waals surface area contributed by atoms with Crippen molar-refractivity contribution in [3.8, 4) is 0 Å². The minimum atomic E-state index is -3.74. The van der Waals surface area contributed by atoms with Crippen LogP contribution in [0.1, 0.15) is 5.56 Å². The van der Waals surface area contributed by atoms with Crippen LogP contribution in [-0.2, 0) is 15.8 Å². The van der Waals surface area contributed by atoms with Gasteiger partial charge < -0.3 is 0 Å². The van der Waals surface area contributed by atoms with E-state index in [2.05, 4.69) is 0 Å². The summed E-state index contributed by atoms with van der Waals surface area (Å²) in [6.07, 6.45) is 0. The van der Waals surface area contributed by atoms with E-state index in [-0.39, 0.29) is 5.56 Å². The molecule has 0 amide bonds. The van der Waals surface area contributed by atoms with Crippen molar-refractivity contribution in [3.63, 3.8) is 0 Å². The molecular formula is C7H7F2NO2S. The zero-order chi connectivity index (χ0) is 10.1. The molecule has 1 aromatic carbocycles. The van der Waals surface area contributed by atoms with Crippen molar-refractivity contribution < 1.29 is 17.2 Å². The van der Waals surface area contributed by atoms with E-state index in [9.17, 15) is 17.2 Å². The Hall–Kier alpha value is -1.01. The van der Waals surface area contributed by atoms with Crippen LogP contribution in [0.4, 0.5) is 8.78 Å². The first kappa shape index (κ1) is 10.1. The van der Waals surface area contributed by atoms with Crippen LogP contribution in [0.25, 0.3) is 0 Å². The van der Waals surface area contributed by atoms with E-state index < -0.39 is 27.4 Å². The standard InChI is InChI=1S/C7H7F2NO2S/c8-6-1-5(2-7(9)3-6)4-13(10,11)12/h1-3H,4H2,(H2,10,11,12). The second-order valence-electron chi connectivity index (χ2n) is 2.58. The van der Waals surface area contributed by atoms with Gasteiger partial charge in [0.1, 0.15) is 11.6 Å². The molecule has 0 bridgehead atoms. The fourth-order valence-corrected chi connectivity index (χ4v) is 1.56. The second kappa shape index (κ2) is 3.39. The van der Waals surface area contributed by atoms with E-state index in [1.807, 2.05) is 0 Å². The molecule has 0 atom stereocenters. The van der Waals surface area contributed by atoms with Crippen molar-refractivity contribution in [2.24, 2.45) is 5.14 Å². The summed E-state index contributed by atoms with van der Waals surface area (Å²) >= 11 is 0. The number of hydrogen-bond donors (Lipinski definition) is 1. The molecule has 0 saturated carbocycles. The van der Waals surface area contributed by atoms with Crippen molar-refractivity contribution in [3.05, 3.63) is 35.4 Å². The SMILES string of the molecule is NS(=O)(=O)Cc1cc(F)cc(F)c1. The molecule has 3 nitrogen and oxygen atoms in total. The smallest absolute Gasteiger partial charge is 0.213 e. The fraction of sp³-hybridized carbons (Fsp3) is 0.143. The normalized spacial score (nSPS) is 11.6. The Bertz CT molecular complexity index is 396. The molecule has 0 aromatic heterocycles. The van der Waals surface area contributed by atoms with Gasteiger partial charge in [0.2, 0.25) is 10.0 Å². The maximum Gasteiger partial charge on any atom is 0.213 e. The van der Waals surface area contributed by atoms with Crippen molar-refractivity contribution >= 4 is 10.0 Å². The van der Waals surface area contributed by atoms with Crippen LogP contribution >= 0.6 is 0 Å². The molecular weight excluding hydrogens is 200 g/mol. The van der Waals surface area contributed by atoms with Gasteiger partial charge in [-0.3, -0.25) is 0 Å². The van der Waals surface area contributed by atoms with Crippen molar-refractivity contribution in [2.45, 2.75) is 5.75 Å². The predicted molar refractivity (Wildman–Crippen MR) is 43.2 cm³/mol. The number of sulfonamides is 1. The first-order chi connectivity index (χ1) is 5.87. The van der Waals surface area contributed by atoms with Crippen LogP contribution in [0.3, 0.4) is 0 Å². The van der Waals surface area contributed by atoms with Gasteiger partial charge in [0.05, 0.1) is 5.75 Å². The number of primary sulfonamides is 1. The summed E-state index contributed by atoms with van der Waals surface area (Å²) < 4.78 is 46.2. The van der Waals surface area contributed by atoms with Crippen LogP contribution in [0.5, 0.6) is 0 Å². The van der Waals surface area contributed by atoms with Crippen LogP contribution in [0, 0.1) is 11.6 Å². The third-order valence-corrected chi connectivity index (χ3v) is 2.03. The maximum atomic E-state index is 12.5. The number of rotatable bonds is 2. The number of halogens is 2. The average Bonchev–Trinajstić information content (AvgIpc) is 1.78. The molecule has 13 heavy (non-hydrogen) atoms. The molecule has 1 rings (SSSR count). The van der Waals surface area contributed by atoms with Crippen molar-refractivity contribution in [1.82, 2.24) is 0 Å². The van der Waals surface area contributed by atoms with E-state index >= 15 is 0 Å². The lowest BCUT2D eigenvalue weighted by Gasteiger charge is -1.99. The summed E-state index contributed by atoms with van der Waals surface area (Å²) in [6, 6.07) is 2.51. The highest BCUT2D eigenvalue weighted by Crippen LogP contribution is 2.09. The molecule has 0 aliphatic carbocycles. The van der Waals surface area contributed by atoms with E-state index in [1.54, 1.807) is 0 Å². The van der Waals surface area contributed by atoms with Gasteiger partial charge in [-0.15, -0.1) is 0 Å². The monoisotopic (exact) mass is 207 g/mol. The van der Waals surface area contributed by atoms with Gasteiger partial charge in [-0.05, 0) is 17.7 Å². The van der Waals surface area contributed by atoms with Crippen molar-refractivity contribution in [1.29, 1.82) is 0 Å². The highest BCUT2D eigenvalue weighted by molar-refractivity contribution is 7.88. The molecule has 0 unspecified atom stereocenters. The molecule has 0 aliphatic heterocycles. The Morgan fingerprint density at radius 3 is 2.00 bits per heavy atom. The zero-order valence-corrected chi connectivity index (χ0v) is 7.31. The molecule has 0 spiro atoms.